The fourth-order valence-electron chi connectivity index (χ4n) is 4.11. The molecule has 2 nitrogen and oxygen atoms in total. The van der Waals surface area contributed by atoms with Gasteiger partial charge in [0.15, 0.2) is 5.78 Å². The average molecular weight is 429 g/mol. The summed E-state index contributed by atoms with van der Waals surface area (Å²) in [6.07, 6.45) is 1.22. The summed E-state index contributed by atoms with van der Waals surface area (Å²) in [6.45, 7) is 0. The van der Waals surface area contributed by atoms with Crippen LogP contribution in [0.25, 0.3) is 21.9 Å². The Labute approximate surface area is 194 Å². The quantitative estimate of drug-likeness (QED) is 0.245. The summed E-state index contributed by atoms with van der Waals surface area (Å²) in [4.78, 5) is 13.3. The third-order valence-electron chi connectivity index (χ3n) is 5.79. The van der Waals surface area contributed by atoms with E-state index in [1.807, 2.05) is 91.0 Å². The van der Waals surface area contributed by atoms with E-state index >= 15 is 0 Å². The molecule has 0 amide bonds. The Kier molecular flexibility index (Phi) is 5.99. The number of ketones is 1. The van der Waals surface area contributed by atoms with Gasteiger partial charge in [0.05, 0.1) is 0 Å². The second kappa shape index (κ2) is 9.54. The highest BCUT2D eigenvalue weighted by molar-refractivity contribution is 6.09. The molecule has 2 heteroatoms. The van der Waals surface area contributed by atoms with Crippen molar-refractivity contribution in [1.29, 1.82) is 0 Å². The van der Waals surface area contributed by atoms with E-state index in [0.717, 1.165) is 45.4 Å². The minimum absolute atomic E-state index is 0.161. The van der Waals surface area contributed by atoms with E-state index in [4.69, 9.17) is 4.74 Å². The Morgan fingerprint density at radius 3 is 2.12 bits per heavy atom. The minimum atomic E-state index is 0.161. The molecule has 5 aromatic carbocycles. The van der Waals surface area contributed by atoms with Crippen molar-refractivity contribution in [1.82, 2.24) is 0 Å². The smallest absolute Gasteiger partial charge is 0.163 e. The molecule has 0 aliphatic heterocycles. The molecular weight excluding hydrogens is 404 g/mol. The summed E-state index contributed by atoms with van der Waals surface area (Å²) in [7, 11) is 0. The van der Waals surface area contributed by atoms with Crippen LogP contribution in [0, 0.1) is 0 Å². The highest BCUT2D eigenvalue weighted by Gasteiger charge is 2.13. The van der Waals surface area contributed by atoms with Crippen LogP contribution in [0.15, 0.2) is 121 Å². The Morgan fingerprint density at radius 2 is 1.30 bits per heavy atom. The standard InChI is InChI=1S/C31H24O2/c32-31(19-18-23-10-3-1-4-11-23)30-22-26(20-25-12-7-8-17-29(25)30)24-13-9-16-28(21-24)33-27-14-5-2-6-15-27/h1-17,20-22H,18-19H2. The predicted octanol–water partition coefficient (Wildman–Crippen LogP) is 8.11. The highest BCUT2D eigenvalue weighted by Crippen LogP contribution is 2.32. The topological polar surface area (TPSA) is 26.3 Å². The first-order valence-electron chi connectivity index (χ1n) is 11.2. The van der Waals surface area contributed by atoms with Crippen LogP contribution in [0.4, 0.5) is 0 Å². The van der Waals surface area contributed by atoms with Gasteiger partial charge in [-0.3, -0.25) is 4.79 Å². The fourth-order valence-corrected chi connectivity index (χ4v) is 4.11. The molecule has 0 fully saturated rings. The van der Waals surface area contributed by atoms with Crippen LogP contribution in [0.5, 0.6) is 11.5 Å². The molecule has 0 aliphatic rings. The van der Waals surface area contributed by atoms with E-state index in [1.54, 1.807) is 0 Å². The molecule has 0 N–H and O–H groups in total. The van der Waals surface area contributed by atoms with Crippen LogP contribution in [-0.4, -0.2) is 5.78 Å². The zero-order chi connectivity index (χ0) is 22.5. The van der Waals surface area contributed by atoms with Gasteiger partial charge in [-0.1, -0.05) is 84.9 Å². The summed E-state index contributed by atoms with van der Waals surface area (Å²) in [5, 5.41) is 2.06. The van der Waals surface area contributed by atoms with Crippen molar-refractivity contribution in [2.75, 3.05) is 0 Å². The van der Waals surface area contributed by atoms with Crippen molar-refractivity contribution in [3.05, 3.63) is 132 Å². The molecule has 0 bridgehead atoms. The Bertz CT molecular complexity index is 1390. The third-order valence-corrected chi connectivity index (χ3v) is 5.79. The second-order valence-corrected chi connectivity index (χ2v) is 8.10. The lowest BCUT2D eigenvalue weighted by atomic mass is 9.93. The lowest BCUT2D eigenvalue weighted by Crippen LogP contribution is -2.03. The lowest BCUT2D eigenvalue weighted by molar-refractivity contribution is 0.0984. The Balaban J connectivity index is 1.48. The zero-order valence-electron chi connectivity index (χ0n) is 18.3. The van der Waals surface area contributed by atoms with Gasteiger partial charge in [0.1, 0.15) is 11.5 Å². The summed E-state index contributed by atoms with van der Waals surface area (Å²) >= 11 is 0. The zero-order valence-corrected chi connectivity index (χ0v) is 18.3. The maximum atomic E-state index is 13.3. The van der Waals surface area contributed by atoms with Crippen molar-refractivity contribution in [3.63, 3.8) is 0 Å². The van der Waals surface area contributed by atoms with E-state index in [9.17, 15) is 4.79 Å². The fraction of sp³-hybridized carbons (Fsp3) is 0.0645. The van der Waals surface area contributed by atoms with Crippen molar-refractivity contribution in [2.45, 2.75) is 12.8 Å². The molecule has 160 valence electrons. The van der Waals surface area contributed by atoms with Crippen LogP contribution < -0.4 is 4.74 Å². The molecule has 0 spiro atoms. The molecular formula is C31H24O2. The van der Waals surface area contributed by atoms with Gasteiger partial charge in [0.2, 0.25) is 0 Å². The molecule has 0 radical (unpaired) electrons. The maximum Gasteiger partial charge on any atom is 0.163 e. The number of rotatable bonds is 7. The summed E-state index contributed by atoms with van der Waals surface area (Å²) in [5.74, 6) is 1.72. The number of hydrogen-bond acceptors (Lipinski definition) is 2. The minimum Gasteiger partial charge on any atom is -0.457 e. The maximum absolute atomic E-state index is 13.3. The van der Waals surface area contributed by atoms with Crippen LogP contribution >= 0.6 is 0 Å². The number of carbonyl (C=O) groups is 1. The van der Waals surface area contributed by atoms with E-state index < -0.39 is 0 Å². The molecule has 0 atom stereocenters. The normalized spacial score (nSPS) is 10.8. The first kappa shape index (κ1) is 20.7. The van der Waals surface area contributed by atoms with Gasteiger partial charge in [0, 0.05) is 12.0 Å². The molecule has 0 unspecified atom stereocenters. The second-order valence-electron chi connectivity index (χ2n) is 8.10. The van der Waals surface area contributed by atoms with Gasteiger partial charge < -0.3 is 4.74 Å². The summed E-state index contributed by atoms with van der Waals surface area (Å²) in [6, 6.07) is 40.2. The van der Waals surface area contributed by atoms with E-state index in [2.05, 4.69) is 30.3 Å². The van der Waals surface area contributed by atoms with E-state index in [-0.39, 0.29) is 5.78 Å². The number of para-hydroxylation sites is 1. The van der Waals surface area contributed by atoms with Crippen LogP contribution in [0.1, 0.15) is 22.3 Å². The molecule has 0 heterocycles. The summed E-state index contributed by atoms with van der Waals surface area (Å²) < 4.78 is 6.03. The Morgan fingerprint density at radius 1 is 0.606 bits per heavy atom. The molecule has 0 saturated carbocycles. The molecule has 5 rings (SSSR count). The number of carbonyl (C=O) groups excluding carboxylic acids is 1. The van der Waals surface area contributed by atoms with E-state index in [1.165, 1.54) is 5.56 Å². The number of fused-ring (bicyclic) bond motifs is 1. The van der Waals surface area contributed by atoms with Crippen LogP contribution in [-0.2, 0) is 6.42 Å². The van der Waals surface area contributed by atoms with Crippen molar-refractivity contribution < 1.29 is 9.53 Å². The van der Waals surface area contributed by atoms with Crippen molar-refractivity contribution >= 4 is 16.6 Å². The number of ether oxygens (including phenoxy) is 1. The van der Waals surface area contributed by atoms with Crippen molar-refractivity contribution in [2.24, 2.45) is 0 Å². The lowest BCUT2D eigenvalue weighted by Gasteiger charge is -2.12. The van der Waals surface area contributed by atoms with Crippen LogP contribution in [0.3, 0.4) is 0 Å². The Hall–Kier alpha value is -4.17. The van der Waals surface area contributed by atoms with Crippen molar-refractivity contribution in [3.8, 4) is 22.6 Å². The number of benzene rings is 5. The van der Waals surface area contributed by atoms with Gasteiger partial charge in [-0.2, -0.15) is 0 Å². The van der Waals surface area contributed by atoms with Crippen LogP contribution in [0.2, 0.25) is 0 Å². The molecule has 5 aromatic rings. The van der Waals surface area contributed by atoms with Gasteiger partial charge in [-0.15, -0.1) is 0 Å². The average Bonchev–Trinajstić information content (AvgIpc) is 2.88. The number of aryl methyl sites for hydroxylation is 1. The van der Waals surface area contributed by atoms with Gasteiger partial charge in [-0.05, 0) is 70.3 Å². The number of hydrogen-bond donors (Lipinski definition) is 0. The van der Waals surface area contributed by atoms with Gasteiger partial charge >= 0.3 is 0 Å². The highest BCUT2D eigenvalue weighted by atomic mass is 16.5. The first-order chi connectivity index (χ1) is 16.3. The predicted molar refractivity (Wildman–Crippen MR) is 135 cm³/mol. The number of Topliss-reactive ketones (excluding diaryl/α,β-unsaturated/α-hetero) is 1. The SMILES string of the molecule is O=C(CCc1ccccc1)c1cc(-c2cccc(Oc3ccccc3)c2)cc2ccccc12. The summed E-state index contributed by atoms with van der Waals surface area (Å²) in [5.41, 5.74) is 3.98. The molecule has 0 aromatic heterocycles. The van der Waals surface area contributed by atoms with Gasteiger partial charge in [0.25, 0.3) is 0 Å². The molecule has 33 heavy (non-hydrogen) atoms. The molecule has 0 saturated heterocycles. The first-order valence-corrected chi connectivity index (χ1v) is 11.2. The third kappa shape index (κ3) is 4.86. The molecule has 0 aliphatic carbocycles. The van der Waals surface area contributed by atoms with Gasteiger partial charge in [-0.25, -0.2) is 0 Å². The monoisotopic (exact) mass is 428 g/mol. The largest absolute Gasteiger partial charge is 0.457 e. The van der Waals surface area contributed by atoms with E-state index in [0.29, 0.717) is 6.42 Å².